The molecule has 2 N–H and O–H groups in total. The van der Waals surface area contributed by atoms with Crippen molar-refractivity contribution in [3.63, 3.8) is 0 Å². The molecule has 1 unspecified atom stereocenters. The lowest BCUT2D eigenvalue weighted by Gasteiger charge is -2.12. The molecule has 6 nitrogen and oxygen atoms in total. The lowest BCUT2D eigenvalue weighted by atomic mass is 10.0. The fourth-order valence-electron chi connectivity index (χ4n) is 3.97. The molecule has 0 radical (unpaired) electrons. The smallest absolute Gasteiger partial charge is 0.306 e. The van der Waals surface area contributed by atoms with Crippen molar-refractivity contribution in [3.05, 3.63) is 72.9 Å². The van der Waals surface area contributed by atoms with Crippen LogP contribution in [0.3, 0.4) is 0 Å². The Bertz CT molecular complexity index is 849. The van der Waals surface area contributed by atoms with Gasteiger partial charge in [0.15, 0.2) is 0 Å². The maximum atomic E-state index is 11.9. The highest BCUT2D eigenvalue weighted by atomic mass is 16.6. The summed E-state index contributed by atoms with van der Waals surface area (Å²) < 4.78 is 10.2. The van der Waals surface area contributed by atoms with Crippen LogP contribution < -0.4 is 0 Å². The number of carbonyl (C=O) groups is 2. The molecule has 2 atom stereocenters. The third kappa shape index (κ3) is 32.1. The quantitative estimate of drug-likeness (QED) is 0.0424. The van der Waals surface area contributed by atoms with Gasteiger partial charge in [0.25, 0.3) is 0 Å². The predicted molar refractivity (Wildman–Crippen MR) is 179 cm³/mol. The van der Waals surface area contributed by atoms with E-state index in [9.17, 15) is 19.8 Å². The normalized spacial score (nSPS) is 14.0. The van der Waals surface area contributed by atoms with E-state index >= 15 is 0 Å². The molecule has 0 aromatic carbocycles. The molecule has 0 aliphatic rings. The summed E-state index contributed by atoms with van der Waals surface area (Å²) in [6.07, 6.45) is 35.9. The fraction of sp³-hybridized carbons (Fsp3) is 0.622. The van der Waals surface area contributed by atoms with E-state index in [4.69, 9.17) is 9.47 Å². The standard InChI is InChI=1S/C37H60O6/c1-4-5-21-27-34(38)28-23-18-13-11-9-7-6-8-10-12-14-19-24-29-36(40)42-31-35(39)32-43-37(41)30-25-20-16-15-17-22-26-33(2)3/h5,7-10,13-14,18-19,21,23,28,33-35,38-39H,4,6,11-12,15-17,20,22,24-27,29-32H2,1-3H3/b9-7-,10-8-,18-13+,19-14-,21-5-,28-23+/t34?,35-/m1/s1. The van der Waals surface area contributed by atoms with E-state index in [1.807, 2.05) is 36.5 Å². The van der Waals surface area contributed by atoms with Crippen LogP contribution in [0.4, 0.5) is 0 Å². The number of carbonyl (C=O) groups excluding carboxylic acids is 2. The third-order valence-electron chi connectivity index (χ3n) is 6.48. The highest BCUT2D eigenvalue weighted by Gasteiger charge is 2.11. The van der Waals surface area contributed by atoms with Gasteiger partial charge in [-0.2, -0.15) is 0 Å². The highest BCUT2D eigenvalue weighted by molar-refractivity contribution is 5.70. The molecule has 244 valence electrons. The van der Waals surface area contributed by atoms with E-state index in [0.29, 0.717) is 19.3 Å². The van der Waals surface area contributed by atoms with Gasteiger partial charge in [0.05, 0.1) is 6.10 Å². The summed E-state index contributed by atoms with van der Waals surface area (Å²) in [6, 6.07) is 0. The number of unbranched alkanes of at least 4 members (excludes halogenated alkanes) is 5. The Morgan fingerprint density at radius 3 is 1.84 bits per heavy atom. The molecule has 0 aromatic rings. The highest BCUT2D eigenvalue weighted by Crippen LogP contribution is 2.12. The largest absolute Gasteiger partial charge is 0.463 e. The SMILES string of the molecule is CC/C=C\CC(O)/C=C/C=C/C/C=C\C/C=C\C/C=C\CCC(=O)OC[C@@H](O)COC(=O)CCCCCCCCC(C)C. The van der Waals surface area contributed by atoms with E-state index in [1.165, 1.54) is 25.7 Å². The van der Waals surface area contributed by atoms with Gasteiger partial charge in [-0.15, -0.1) is 0 Å². The molecule has 43 heavy (non-hydrogen) atoms. The summed E-state index contributed by atoms with van der Waals surface area (Å²) in [5, 5.41) is 19.7. The predicted octanol–water partition coefficient (Wildman–Crippen LogP) is 8.66. The van der Waals surface area contributed by atoms with Gasteiger partial charge in [-0.05, 0) is 50.9 Å². The monoisotopic (exact) mass is 600 g/mol. The molecular formula is C37H60O6. The van der Waals surface area contributed by atoms with Crippen LogP contribution in [-0.2, 0) is 19.1 Å². The molecule has 0 fully saturated rings. The van der Waals surface area contributed by atoms with Crippen molar-refractivity contribution in [2.24, 2.45) is 5.92 Å². The average molecular weight is 601 g/mol. The van der Waals surface area contributed by atoms with Gasteiger partial charge in [-0.3, -0.25) is 9.59 Å². The first-order chi connectivity index (χ1) is 20.8. The minimum atomic E-state index is -1.01. The number of aliphatic hydroxyl groups excluding tert-OH is 2. The van der Waals surface area contributed by atoms with Gasteiger partial charge in [0, 0.05) is 12.8 Å². The molecule has 0 rings (SSSR count). The zero-order chi connectivity index (χ0) is 31.8. The number of ether oxygens (including phenoxy) is 2. The van der Waals surface area contributed by atoms with Gasteiger partial charge in [0.2, 0.25) is 0 Å². The second-order valence-electron chi connectivity index (χ2n) is 11.2. The fourth-order valence-corrected chi connectivity index (χ4v) is 3.97. The molecule has 0 aliphatic heterocycles. The number of allylic oxidation sites excluding steroid dienone is 10. The third-order valence-corrected chi connectivity index (χ3v) is 6.48. The minimum absolute atomic E-state index is 0.154. The summed E-state index contributed by atoms with van der Waals surface area (Å²) in [5.41, 5.74) is 0. The van der Waals surface area contributed by atoms with E-state index in [1.54, 1.807) is 6.08 Å². The van der Waals surface area contributed by atoms with Gasteiger partial charge in [0.1, 0.15) is 19.3 Å². The lowest BCUT2D eigenvalue weighted by Crippen LogP contribution is -2.25. The summed E-state index contributed by atoms with van der Waals surface area (Å²) >= 11 is 0. The topological polar surface area (TPSA) is 93.1 Å². The molecule has 0 spiro atoms. The van der Waals surface area contributed by atoms with Gasteiger partial charge >= 0.3 is 11.9 Å². The second kappa shape index (κ2) is 30.7. The molecule has 6 heteroatoms. The summed E-state index contributed by atoms with van der Waals surface area (Å²) in [6.45, 7) is 6.25. The maximum absolute atomic E-state index is 11.9. The Balaban J connectivity index is 3.71. The average Bonchev–Trinajstić information content (AvgIpc) is 2.98. The first kappa shape index (κ1) is 40.3. The summed E-state index contributed by atoms with van der Waals surface area (Å²) in [4.78, 5) is 23.7. The Kier molecular flexibility index (Phi) is 28.8. The van der Waals surface area contributed by atoms with Crippen LogP contribution >= 0.6 is 0 Å². The van der Waals surface area contributed by atoms with Crippen molar-refractivity contribution in [2.75, 3.05) is 13.2 Å². The van der Waals surface area contributed by atoms with Crippen LogP contribution in [0.5, 0.6) is 0 Å². The Hall–Kier alpha value is -2.70. The van der Waals surface area contributed by atoms with Gasteiger partial charge in [-0.25, -0.2) is 0 Å². The molecule has 0 saturated heterocycles. The Morgan fingerprint density at radius 1 is 0.651 bits per heavy atom. The summed E-state index contributed by atoms with van der Waals surface area (Å²) in [5.74, 6) is 0.0706. The van der Waals surface area contributed by atoms with Crippen LogP contribution in [0.15, 0.2) is 72.9 Å². The van der Waals surface area contributed by atoms with Crippen molar-refractivity contribution >= 4 is 11.9 Å². The van der Waals surface area contributed by atoms with Gasteiger partial charge in [-0.1, -0.05) is 132 Å². The Labute approximate surface area is 262 Å². The molecule has 0 bridgehead atoms. The zero-order valence-corrected chi connectivity index (χ0v) is 27.2. The van der Waals surface area contributed by atoms with Crippen molar-refractivity contribution in [3.8, 4) is 0 Å². The van der Waals surface area contributed by atoms with Crippen molar-refractivity contribution in [1.82, 2.24) is 0 Å². The Morgan fingerprint density at radius 2 is 1.21 bits per heavy atom. The van der Waals surface area contributed by atoms with E-state index in [0.717, 1.165) is 50.9 Å². The molecule has 0 aromatic heterocycles. The minimum Gasteiger partial charge on any atom is -0.463 e. The first-order valence-corrected chi connectivity index (χ1v) is 16.5. The van der Waals surface area contributed by atoms with Crippen LogP contribution in [0.1, 0.15) is 117 Å². The lowest BCUT2D eigenvalue weighted by molar-refractivity contribution is -0.152. The van der Waals surface area contributed by atoms with E-state index < -0.39 is 12.2 Å². The molecular weight excluding hydrogens is 540 g/mol. The number of esters is 2. The van der Waals surface area contributed by atoms with Crippen LogP contribution in [-0.4, -0.2) is 47.6 Å². The molecule has 0 heterocycles. The van der Waals surface area contributed by atoms with Gasteiger partial charge < -0.3 is 19.7 Å². The van der Waals surface area contributed by atoms with Crippen LogP contribution in [0.2, 0.25) is 0 Å². The van der Waals surface area contributed by atoms with E-state index in [-0.39, 0.29) is 31.6 Å². The van der Waals surface area contributed by atoms with Crippen LogP contribution in [0, 0.1) is 5.92 Å². The molecule has 0 amide bonds. The number of hydrogen-bond acceptors (Lipinski definition) is 6. The van der Waals surface area contributed by atoms with E-state index in [2.05, 4.69) is 51.2 Å². The van der Waals surface area contributed by atoms with Crippen molar-refractivity contribution in [2.45, 2.75) is 129 Å². The zero-order valence-electron chi connectivity index (χ0n) is 27.2. The molecule has 0 saturated carbocycles. The first-order valence-electron chi connectivity index (χ1n) is 16.5. The molecule has 0 aliphatic carbocycles. The summed E-state index contributed by atoms with van der Waals surface area (Å²) in [7, 11) is 0. The number of hydrogen-bond donors (Lipinski definition) is 2. The van der Waals surface area contributed by atoms with Crippen molar-refractivity contribution in [1.29, 1.82) is 0 Å². The number of aliphatic hydroxyl groups is 2. The van der Waals surface area contributed by atoms with Crippen LogP contribution in [0.25, 0.3) is 0 Å². The number of rotatable bonds is 27. The van der Waals surface area contributed by atoms with Crippen molar-refractivity contribution < 1.29 is 29.3 Å². The maximum Gasteiger partial charge on any atom is 0.306 e. The second-order valence-corrected chi connectivity index (χ2v) is 11.2.